The maximum Gasteiger partial charge on any atom is 0.119 e. The Balaban J connectivity index is 0.000000423. The van der Waals surface area contributed by atoms with Gasteiger partial charge in [0.05, 0.1) is 0 Å². The summed E-state index contributed by atoms with van der Waals surface area (Å²) in [5.41, 5.74) is 1.43. The van der Waals surface area contributed by atoms with Crippen molar-refractivity contribution in [1.29, 1.82) is 0 Å². The first kappa shape index (κ1) is 14.4. The van der Waals surface area contributed by atoms with Crippen molar-refractivity contribution in [2.24, 2.45) is 0 Å². The van der Waals surface area contributed by atoms with Gasteiger partial charge in [0.2, 0.25) is 0 Å². The number of carbonyl (C=O) groups excluding carboxylic acids is 1. The summed E-state index contributed by atoms with van der Waals surface area (Å²) >= 11 is 3.45. The number of aldehydes is 1. The Morgan fingerprint density at radius 1 is 1.33 bits per heavy atom. The molecular weight excluding hydrogens is 252 g/mol. The van der Waals surface area contributed by atoms with Gasteiger partial charge in [-0.05, 0) is 30.5 Å². The minimum absolute atomic E-state index is 0.639. The molecular formula is C13H19BrO. The zero-order valence-corrected chi connectivity index (χ0v) is 11.1. The summed E-state index contributed by atoms with van der Waals surface area (Å²) < 4.78 is 1.19. The van der Waals surface area contributed by atoms with Gasteiger partial charge in [0, 0.05) is 10.9 Å². The second-order valence-corrected chi connectivity index (χ2v) is 4.22. The molecule has 0 aliphatic carbocycles. The van der Waals surface area contributed by atoms with Crippen LogP contribution in [0.3, 0.4) is 0 Å². The van der Waals surface area contributed by atoms with Gasteiger partial charge in [-0.2, -0.15) is 0 Å². The first-order chi connectivity index (χ1) is 7.24. The van der Waals surface area contributed by atoms with E-state index in [-0.39, 0.29) is 0 Å². The third-order valence-electron chi connectivity index (χ3n) is 1.87. The van der Waals surface area contributed by atoms with Crippen LogP contribution >= 0.6 is 15.9 Å². The van der Waals surface area contributed by atoms with Crippen molar-refractivity contribution in [3.63, 3.8) is 0 Å². The van der Waals surface area contributed by atoms with Crippen LogP contribution in [0.2, 0.25) is 0 Å². The summed E-state index contributed by atoms with van der Waals surface area (Å²) in [6, 6.07) is 8.53. The highest BCUT2D eigenvalue weighted by atomic mass is 79.9. The smallest absolute Gasteiger partial charge is 0.119 e. The van der Waals surface area contributed by atoms with Crippen molar-refractivity contribution in [2.75, 3.05) is 0 Å². The average molecular weight is 271 g/mol. The highest BCUT2D eigenvalue weighted by molar-refractivity contribution is 9.10. The Kier molecular flexibility index (Phi) is 9.49. The van der Waals surface area contributed by atoms with Gasteiger partial charge in [-0.3, -0.25) is 0 Å². The van der Waals surface area contributed by atoms with Crippen LogP contribution in [0.15, 0.2) is 28.7 Å². The molecule has 0 radical (unpaired) electrons. The van der Waals surface area contributed by atoms with E-state index in [0.717, 1.165) is 6.29 Å². The van der Waals surface area contributed by atoms with Crippen LogP contribution in [0.1, 0.15) is 38.7 Å². The molecule has 0 saturated heterocycles. The normalized spacial score (nSPS) is 9.00. The average Bonchev–Trinajstić information content (AvgIpc) is 2.27. The highest BCUT2D eigenvalue weighted by Gasteiger charge is 1.91. The molecule has 1 nitrogen and oxygen atoms in total. The van der Waals surface area contributed by atoms with E-state index in [1.54, 1.807) is 0 Å². The fraction of sp³-hybridized carbons (Fsp3) is 0.462. The second-order valence-electron chi connectivity index (χ2n) is 3.31. The molecule has 15 heavy (non-hydrogen) atoms. The number of benzene rings is 1. The van der Waals surface area contributed by atoms with E-state index in [9.17, 15) is 4.79 Å². The molecule has 0 unspecified atom stereocenters. The van der Waals surface area contributed by atoms with Crippen LogP contribution in [0.25, 0.3) is 0 Å². The lowest BCUT2D eigenvalue weighted by molar-refractivity contribution is -0.107. The van der Waals surface area contributed by atoms with E-state index in [1.165, 1.54) is 29.3 Å². The number of unbranched alkanes of at least 4 members (excludes halogenated alkanes) is 1. The third kappa shape index (κ3) is 8.37. The lowest BCUT2D eigenvalue weighted by atomic mass is 10.1. The predicted octanol–water partition coefficient (Wildman–Crippen LogP) is 4.39. The van der Waals surface area contributed by atoms with E-state index < -0.39 is 0 Å². The SMILES string of the molecule is CCC=O.CCCCc1cccc(Br)c1. The van der Waals surface area contributed by atoms with Gasteiger partial charge in [0.25, 0.3) is 0 Å². The minimum Gasteiger partial charge on any atom is -0.303 e. The molecule has 84 valence electrons. The maximum absolute atomic E-state index is 9.17. The van der Waals surface area contributed by atoms with Gasteiger partial charge < -0.3 is 4.79 Å². The van der Waals surface area contributed by atoms with E-state index in [0.29, 0.717) is 6.42 Å². The lowest BCUT2D eigenvalue weighted by Crippen LogP contribution is -1.82. The number of carbonyl (C=O) groups is 1. The lowest BCUT2D eigenvalue weighted by Gasteiger charge is -1.98. The van der Waals surface area contributed by atoms with Crippen LogP contribution < -0.4 is 0 Å². The summed E-state index contributed by atoms with van der Waals surface area (Å²) in [6.45, 7) is 4.03. The van der Waals surface area contributed by atoms with E-state index in [2.05, 4.69) is 47.1 Å². The summed E-state index contributed by atoms with van der Waals surface area (Å²) in [6.07, 6.45) is 5.28. The molecule has 1 aromatic rings. The van der Waals surface area contributed by atoms with Crippen LogP contribution in [0.4, 0.5) is 0 Å². The first-order valence-corrected chi connectivity index (χ1v) is 6.22. The molecule has 2 heteroatoms. The third-order valence-corrected chi connectivity index (χ3v) is 2.37. The van der Waals surface area contributed by atoms with Crippen molar-refractivity contribution < 1.29 is 4.79 Å². The Labute approximate surface area is 101 Å². The van der Waals surface area contributed by atoms with Crippen LogP contribution in [-0.2, 0) is 11.2 Å². The van der Waals surface area contributed by atoms with Gasteiger partial charge in [-0.25, -0.2) is 0 Å². The molecule has 0 bridgehead atoms. The summed E-state index contributed by atoms with van der Waals surface area (Å²) in [5, 5.41) is 0. The van der Waals surface area contributed by atoms with Crippen molar-refractivity contribution in [1.82, 2.24) is 0 Å². The molecule has 0 fully saturated rings. The Morgan fingerprint density at radius 2 is 2.00 bits per heavy atom. The number of rotatable bonds is 4. The molecule has 0 aliphatic rings. The monoisotopic (exact) mass is 270 g/mol. The van der Waals surface area contributed by atoms with Crippen LogP contribution in [0.5, 0.6) is 0 Å². The summed E-state index contributed by atoms with van der Waals surface area (Å²) in [5.74, 6) is 0. The van der Waals surface area contributed by atoms with Gasteiger partial charge in [-0.1, -0.05) is 48.3 Å². The van der Waals surface area contributed by atoms with Gasteiger partial charge in [0.15, 0.2) is 0 Å². The van der Waals surface area contributed by atoms with Crippen LogP contribution in [-0.4, -0.2) is 6.29 Å². The molecule has 0 heterocycles. The molecule has 1 rings (SSSR count). The Hall–Kier alpha value is -0.630. The zero-order chi connectivity index (χ0) is 11.5. The summed E-state index contributed by atoms with van der Waals surface area (Å²) in [7, 11) is 0. The number of halogens is 1. The van der Waals surface area contributed by atoms with Gasteiger partial charge in [-0.15, -0.1) is 0 Å². The molecule has 0 N–H and O–H groups in total. The van der Waals surface area contributed by atoms with Crippen LogP contribution in [0, 0.1) is 0 Å². The number of aryl methyl sites for hydroxylation is 1. The molecule has 0 aromatic heterocycles. The minimum atomic E-state index is 0.639. The van der Waals surface area contributed by atoms with Crippen molar-refractivity contribution >= 4 is 22.2 Å². The fourth-order valence-corrected chi connectivity index (χ4v) is 1.52. The molecule has 1 aromatic carbocycles. The quantitative estimate of drug-likeness (QED) is 0.742. The van der Waals surface area contributed by atoms with E-state index >= 15 is 0 Å². The molecule has 0 aliphatic heterocycles. The molecule has 0 amide bonds. The maximum atomic E-state index is 9.17. The first-order valence-electron chi connectivity index (χ1n) is 5.42. The zero-order valence-electron chi connectivity index (χ0n) is 9.50. The van der Waals surface area contributed by atoms with Crippen molar-refractivity contribution in [2.45, 2.75) is 39.5 Å². The van der Waals surface area contributed by atoms with Gasteiger partial charge in [0.1, 0.15) is 6.29 Å². The Morgan fingerprint density at radius 3 is 2.47 bits per heavy atom. The van der Waals surface area contributed by atoms with Crippen molar-refractivity contribution in [3.05, 3.63) is 34.3 Å². The van der Waals surface area contributed by atoms with Crippen molar-refractivity contribution in [3.8, 4) is 0 Å². The second kappa shape index (κ2) is 9.91. The topological polar surface area (TPSA) is 17.1 Å². The predicted molar refractivity (Wildman–Crippen MR) is 69.1 cm³/mol. The number of hydrogen-bond acceptors (Lipinski definition) is 1. The standard InChI is InChI=1S/C10H13Br.C3H6O/c1-2-3-5-9-6-4-7-10(11)8-9;1-2-3-4/h4,6-8H,2-3,5H2,1H3;3H,2H2,1H3. The largest absolute Gasteiger partial charge is 0.303 e. The fourth-order valence-electron chi connectivity index (χ4n) is 1.07. The molecule has 0 spiro atoms. The van der Waals surface area contributed by atoms with Gasteiger partial charge >= 0.3 is 0 Å². The molecule has 0 atom stereocenters. The number of hydrogen-bond donors (Lipinski definition) is 0. The Bertz CT molecular complexity index is 271. The molecule has 0 saturated carbocycles. The summed E-state index contributed by atoms with van der Waals surface area (Å²) in [4.78, 5) is 9.17. The highest BCUT2D eigenvalue weighted by Crippen LogP contribution is 2.13. The van der Waals surface area contributed by atoms with E-state index in [1.807, 2.05) is 6.92 Å². The van der Waals surface area contributed by atoms with E-state index in [4.69, 9.17) is 0 Å².